The van der Waals surface area contributed by atoms with Crippen LogP contribution in [0.25, 0.3) is 0 Å². The normalized spacial score (nSPS) is 12.6. The predicted octanol–water partition coefficient (Wildman–Crippen LogP) is 4.18. The maximum Gasteiger partial charge on any atom is 0.387 e. The van der Waals surface area contributed by atoms with E-state index in [2.05, 4.69) is 15.3 Å². The Morgan fingerprint density at radius 2 is 1.72 bits per heavy atom. The van der Waals surface area contributed by atoms with E-state index < -0.39 is 12.5 Å². The molecule has 1 N–H and O–H groups in total. The van der Waals surface area contributed by atoms with Crippen molar-refractivity contribution in [2.45, 2.75) is 26.4 Å². The lowest BCUT2D eigenvalue weighted by atomic mass is 9.88. The third-order valence-electron chi connectivity index (χ3n) is 3.60. The summed E-state index contributed by atoms with van der Waals surface area (Å²) in [5, 5.41) is 3.98. The SMILES string of the molecule is CC(C)[C@H](C(=O)N/N=C\c1ccccc1)c1ccc(OC(F)F)cc1. The Kier molecular flexibility index (Phi) is 6.62. The van der Waals surface area contributed by atoms with Crippen molar-refractivity contribution in [1.29, 1.82) is 0 Å². The second-order valence-electron chi connectivity index (χ2n) is 5.81. The van der Waals surface area contributed by atoms with Gasteiger partial charge in [0.05, 0.1) is 12.1 Å². The van der Waals surface area contributed by atoms with Crippen molar-refractivity contribution in [3.05, 3.63) is 65.7 Å². The molecule has 0 spiro atoms. The largest absolute Gasteiger partial charge is 0.435 e. The van der Waals surface area contributed by atoms with E-state index in [9.17, 15) is 13.6 Å². The molecule has 0 saturated heterocycles. The molecule has 0 saturated carbocycles. The Morgan fingerprint density at radius 1 is 1.08 bits per heavy atom. The number of amides is 1. The van der Waals surface area contributed by atoms with Gasteiger partial charge >= 0.3 is 6.61 Å². The van der Waals surface area contributed by atoms with Gasteiger partial charge in [-0.3, -0.25) is 4.79 Å². The van der Waals surface area contributed by atoms with Crippen LogP contribution in [0.1, 0.15) is 30.9 Å². The first-order chi connectivity index (χ1) is 12.0. The van der Waals surface area contributed by atoms with Gasteiger partial charge in [0.25, 0.3) is 0 Å². The molecule has 0 aliphatic rings. The molecule has 4 nitrogen and oxygen atoms in total. The number of halogens is 2. The highest BCUT2D eigenvalue weighted by molar-refractivity contribution is 5.86. The van der Waals surface area contributed by atoms with Gasteiger partial charge in [0, 0.05) is 0 Å². The summed E-state index contributed by atoms with van der Waals surface area (Å²) in [6.45, 7) is 0.950. The third-order valence-corrected chi connectivity index (χ3v) is 3.60. The summed E-state index contributed by atoms with van der Waals surface area (Å²) in [4.78, 5) is 12.5. The van der Waals surface area contributed by atoms with E-state index in [1.54, 1.807) is 18.3 Å². The molecule has 0 radical (unpaired) electrons. The molecule has 0 bridgehead atoms. The van der Waals surface area contributed by atoms with Gasteiger partial charge in [-0.2, -0.15) is 13.9 Å². The van der Waals surface area contributed by atoms with Gasteiger partial charge in [-0.1, -0.05) is 56.3 Å². The van der Waals surface area contributed by atoms with Crippen LogP contribution in [-0.2, 0) is 4.79 Å². The van der Waals surface area contributed by atoms with Crippen LogP contribution in [0.15, 0.2) is 59.7 Å². The van der Waals surface area contributed by atoms with Gasteiger partial charge in [-0.25, -0.2) is 5.43 Å². The molecule has 25 heavy (non-hydrogen) atoms. The van der Waals surface area contributed by atoms with Crippen molar-refractivity contribution >= 4 is 12.1 Å². The molecule has 6 heteroatoms. The Balaban J connectivity index is 2.06. The molecule has 0 unspecified atom stereocenters. The minimum absolute atomic E-state index is 0.00814. The Bertz CT molecular complexity index is 701. The standard InChI is InChI=1S/C19H20F2N2O2/c1-13(2)17(15-8-10-16(11-9-15)25-19(20)21)18(24)23-22-12-14-6-4-3-5-7-14/h3-13,17,19H,1-2H3,(H,23,24)/b22-12-/t17-/m0/s1. The minimum atomic E-state index is -2.87. The summed E-state index contributed by atoms with van der Waals surface area (Å²) in [5.41, 5.74) is 4.12. The Hall–Kier alpha value is -2.76. The fourth-order valence-electron chi connectivity index (χ4n) is 2.47. The van der Waals surface area contributed by atoms with E-state index in [1.807, 2.05) is 44.2 Å². The molecule has 2 aromatic rings. The van der Waals surface area contributed by atoms with E-state index in [4.69, 9.17) is 0 Å². The van der Waals surface area contributed by atoms with E-state index in [0.29, 0.717) is 5.56 Å². The number of nitrogens with zero attached hydrogens (tertiary/aromatic N) is 1. The second kappa shape index (κ2) is 8.92. The molecule has 2 rings (SSSR count). The monoisotopic (exact) mass is 346 g/mol. The van der Waals surface area contributed by atoms with Crippen LogP contribution < -0.4 is 10.2 Å². The highest BCUT2D eigenvalue weighted by atomic mass is 19.3. The van der Waals surface area contributed by atoms with E-state index in [1.165, 1.54) is 12.1 Å². The zero-order valence-electron chi connectivity index (χ0n) is 14.0. The Labute approximate surface area is 145 Å². The summed E-state index contributed by atoms with van der Waals surface area (Å²) in [6.07, 6.45) is 1.56. The van der Waals surface area contributed by atoms with Gasteiger partial charge in [0.15, 0.2) is 0 Å². The van der Waals surface area contributed by atoms with Crippen LogP contribution >= 0.6 is 0 Å². The number of hydrogen-bond donors (Lipinski definition) is 1. The zero-order valence-corrected chi connectivity index (χ0v) is 14.0. The highest BCUT2D eigenvalue weighted by Gasteiger charge is 2.24. The van der Waals surface area contributed by atoms with Gasteiger partial charge in [0.1, 0.15) is 5.75 Å². The summed E-state index contributed by atoms with van der Waals surface area (Å²) in [5.74, 6) is -0.643. The number of carbonyl (C=O) groups excluding carboxylic acids is 1. The molecule has 0 heterocycles. The summed E-state index contributed by atoms with van der Waals surface area (Å²) < 4.78 is 28.8. The number of hydrogen-bond acceptors (Lipinski definition) is 3. The minimum Gasteiger partial charge on any atom is -0.435 e. The van der Waals surface area contributed by atoms with Crippen molar-refractivity contribution in [3.63, 3.8) is 0 Å². The lowest BCUT2D eigenvalue weighted by molar-refractivity contribution is -0.123. The van der Waals surface area contributed by atoms with Crippen LogP contribution in [-0.4, -0.2) is 18.7 Å². The number of ether oxygens (including phenoxy) is 1. The molecule has 1 atom stereocenters. The quantitative estimate of drug-likeness (QED) is 0.604. The molecular weight excluding hydrogens is 326 g/mol. The van der Waals surface area contributed by atoms with Crippen LogP contribution in [0.5, 0.6) is 5.75 Å². The maximum atomic E-state index is 12.5. The third kappa shape index (κ3) is 5.67. The Morgan fingerprint density at radius 3 is 2.28 bits per heavy atom. The van der Waals surface area contributed by atoms with Crippen molar-refractivity contribution < 1.29 is 18.3 Å². The van der Waals surface area contributed by atoms with Crippen molar-refractivity contribution in [1.82, 2.24) is 5.43 Å². The lowest BCUT2D eigenvalue weighted by Crippen LogP contribution is -2.28. The van der Waals surface area contributed by atoms with Gasteiger partial charge in [-0.05, 0) is 29.2 Å². The van der Waals surface area contributed by atoms with E-state index in [0.717, 1.165) is 5.56 Å². The van der Waals surface area contributed by atoms with Crippen LogP contribution in [0.3, 0.4) is 0 Å². The number of alkyl halides is 2. The smallest absolute Gasteiger partial charge is 0.387 e. The maximum absolute atomic E-state index is 12.5. The first-order valence-electron chi connectivity index (χ1n) is 7.90. The molecule has 1 amide bonds. The zero-order chi connectivity index (χ0) is 18.2. The van der Waals surface area contributed by atoms with E-state index >= 15 is 0 Å². The summed E-state index contributed by atoms with van der Waals surface area (Å²) in [7, 11) is 0. The lowest BCUT2D eigenvalue weighted by Gasteiger charge is -2.19. The topological polar surface area (TPSA) is 50.7 Å². The van der Waals surface area contributed by atoms with Crippen LogP contribution in [0, 0.1) is 5.92 Å². The molecule has 0 fully saturated rings. The highest BCUT2D eigenvalue weighted by Crippen LogP contribution is 2.27. The van der Waals surface area contributed by atoms with Crippen molar-refractivity contribution in [3.8, 4) is 5.75 Å². The van der Waals surface area contributed by atoms with E-state index in [-0.39, 0.29) is 17.6 Å². The summed E-state index contributed by atoms with van der Waals surface area (Å²) >= 11 is 0. The van der Waals surface area contributed by atoms with Gasteiger partial charge in [0.2, 0.25) is 5.91 Å². The average Bonchev–Trinajstić information content (AvgIpc) is 2.57. The molecule has 132 valence electrons. The number of benzene rings is 2. The van der Waals surface area contributed by atoms with Gasteiger partial charge in [-0.15, -0.1) is 0 Å². The fraction of sp³-hybridized carbons (Fsp3) is 0.263. The molecule has 0 aliphatic heterocycles. The number of rotatable bonds is 7. The molecule has 0 aromatic heterocycles. The second-order valence-corrected chi connectivity index (χ2v) is 5.81. The van der Waals surface area contributed by atoms with Gasteiger partial charge < -0.3 is 4.74 Å². The van der Waals surface area contributed by atoms with Crippen molar-refractivity contribution in [2.24, 2.45) is 11.0 Å². The first kappa shape index (κ1) is 18.6. The molecule has 0 aliphatic carbocycles. The number of hydrazone groups is 1. The predicted molar refractivity (Wildman–Crippen MR) is 92.8 cm³/mol. The molecular formula is C19H20F2N2O2. The average molecular weight is 346 g/mol. The first-order valence-corrected chi connectivity index (χ1v) is 7.90. The van der Waals surface area contributed by atoms with Crippen molar-refractivity contribution in [2.75, 3.05) is 0 Å². The number of carbonyl (C=O) groups is 1. The number of nitrogens with one attached hydrogen (secondary N) is 1. The van der Waals surface area contributed by atoms with Crippen LogP contribution in [0.4, 0.5) is 8.78 Å². The fourth-order valence-corrected chi connectivity index (χ4v) is 2.47. The van der Waals surface area contributed by atoms with Crippen LogP contribution in [0.2, 0.25) is 0 Å². The summed E-state index contributed by atoms with van der Waals surface area (Å²) in [6, 6.07) is 15.5. The molecule has 2 aromatic carbocycles.